The fourth-order valence-corrected chi connectivity index (χ4v) is 5.12. The molecule has 1 aromatic carbocycles. The van der Waals surface area contributed by atoms with Crippen LogP contribution in [0.25, 0.3) is 0 Å². The zero-order valence-corrected chi connectivity index (χ0v) is 15.0. The molecule has 0 spiro atoms. The van der Waals surface area contributed by atoms with Crippen molar-refractivity contribution in [3.8, 4) is 0 Å². The van der Waals surface area contributed by atoms with Crippen LogP contribution in [0.2, 0.25) is 0 Å². The summed E-state index contributed by atoms with van der Waals surface area (Å²) in [6.07, 6.45) is 2.15. The van der Waals surface area contributed by atoms with E-state index in [2.05, 4.69) is 25.9 Å². The lowest BCUT2D eigenvalue weighted by molar-refractivity contribution is 0.218. The summed E-state index contributed by atoms with van der Waals surface area (Å²) in [6.45, 7) is 10.6. The van der Waals surface area contributed by atoms with Crippen LogP contribution in [0.5, 0.6) is 0 Å². The minimum absolute atomic E-state index is 0.0112. The zero-order valence-electron chi connectivity index (χ0n) is 15.0. The number of rotatable bonds is 2. The molecule has 2 aliphatic carbocycles. The van der Waals surface area contributed by atoms with E-state index in [0.29, 0.717) is 11.5 Å². The number of hydrogen-bond donors (Lipinski definition) is 1. The Morgan fingerprint density at radius 2 is 1.92 bits per heavy atom. The van der Waals surface area contributed by atoms with Crippen LogP contribution in [0.15, 0.2) is 29.1 Å². The van der Waals surface area contributed by atoms with Crippen molar-refractivity contribution in [2.45, 2.75) is 64.3 Å². The molecule has 1 N–H and O–H groups in total. The van der Waals surface area contributed by atoms with Crippen molar-refractivity contribution in [1.82, 2.24) is 9.78 Å². The Morgan fingerprint density at radius 3 is 2.54 bits per heavy atom. The Hall–Kier alpha value is -1.84. The van der Waals surface area contributed by atoms with E-state index >= 15 is 0 Å². The number of benzene rings is 1. The molecule has 4 heteroatoms. The summed E-state index contributed by atoms with van der Waals surface area (Å²) in [5.74, 6) is 0.0117. The number of nitrogens with one attached hydrogen (secondary N) is 1. The maximum Gasteiger partial charge on any atom is 0.271 e. The van der Waals surface area contributed by atoms with Crippen molar-refractivity contribution in [3.05, 3.63) is 57.3 Å². The molecule has 0 saturated heterocycles. The number of H-pyrrole nitrogens is 1. The lowest BCUT2D eigenvalue weighted by atomic mass is 9.70. The summed E-state index contributed by atoms with van der Waals surface area (Å²) < 4.78 is 16.0. The highest BCUT2D eigenvalue weighted by atomic mass is 19.1. The molecule has 0 amide bonds. The second-order valence-corrected chi connectivity index (χ2v) is 8.72. The van der Waals surface area contributed by atoms with Gasteiger partial charge in [-0.15, -0.1) is 0 Å². The molecule has 4 rings (SSSR count). The highest BCUT2D eigenvalue weighted by Crippen LogP contribution is 2.66. The Kier molecular flexibility index (Phi) is 2.88. The van der Waals surface area contributed by atoms with Gasteiger partial charge in [-0.3, -0.25) is 9.89 Å². The Morgan fingerprint density at radius 1 is 1.25 bits per heavy atom. The largest absolute Gasteiger partial charge is 0.298 e. The van der Waals surface area contributed by atoms with E-state index in [4.69, 9.17) is 0 Å². The number of hydrogen-bond acceptors (Lipinski definition) is 1. The highest BCUT2D eigenvalue weighted by Gasteiger charge is 2.62. The molecule has 128 valence electrons. The smallest absolute Gasteiger partial charge is 0.271 e. The molecule has 2 atom stereocenters. The fourth-order valence-electron chi connectivity index (χ4n) is 5.12. The van der Waals surface area contributed by atoms with Crippen LogP contribution in [0, 0.1) is 11.2 Å². The van der Waals surface area contributed by atoms with Crippen LogP contribution in [0.4, 0.5) is 4.39 Å². The van der Waals surface area contributed by atoms with Gasteiger partial charge in [0.15, 0.2) is 0 Å². The van der Waals surface area contributed by atoms with E-state index in [0.717, 1.165) is 24.1 Å². The lowest BCUT2D eigenvalue weighted by Gasteiger charge is -2.35. The number of nitrogens with zero attached hydrogens (tertiary/aromatic N) is 1. The van der Waals surface area contributed by atoms with E-state index < -0.39 is 5.54 Å². The van der Waals surface area contributed by atoms with Gasteiger partial charge in [0.25, 0.3) is 5.56 Å². The van der Waals surface area contributed by atoms with E-state index in [1.165, 1.54) is 6.07 Å². The molecule has 24 heavy (non-hydrogen) atoms. The summed E-state index contributed by atoms with van der Waals surface area (Å²) in [6, 6.07) is 6.70. The van der Waals surface area contributed by atoms with Gasteiger partial charge in [0.05, 0.1) is 5.54 Å². The average Bonchev–Trinajstić information content (AvgIpc) is 3.03. The quantitative estimate of drug-likeness (QED) is 0.878. The first-order valence-corrected chi connectivity index (χ1v) is 8.73. The van der Waals surface area contributed by atoms with Gasteiger partial charge in [0.1, 0.15) is 5.82 Å². The maximum atomic E-state index is 14.3. The standard InChI is InChI=1S/C20H25FN2O/c1-18(2)13-10-11-20(18,5)16-15(13)17(24)23(22-16)19(3,4)12-8-6-7-9-14(12)21/h6-9,13,22H,10-11H2,1-5H3/t13-,20+/m1/s1. The molecule has 1 fully saturated rings. The summed E-state index contributed by atoms with van der Waals surface area (Å²) >= 11 is 0. The van der Waals surface area contributed by atoms with Gasteiger partial charge < -0.3 is 0 Å². The van der Waals surface area contributed by atoms with Crippen LogP contribution >= 0.6 is 0 Å². The molecule has 3 nitrogen and oxygen atoms in total. The van der Waals surface area contributed by atoms with E-state index in [-0.39, 0.29) is 22.2 Å². The van der Waals surface area contributed by atoms with Crippen molar-refractivity contribution < 1.29 is 4.39 Å². The molecule has 0 radical (unpaired) electrons. The van der Waals surface area contributed by atoms with Gasteiger partial charge in [-0.2, -0.15) is 0 Å². The molecular formula is C20H25FN2O. The minimum Gasteiger partial charge on any atom is -0.298 e. The molecule has 1 saturated carbocycles. The van der Waals surface area contributed by atoms with E-state index in [1.807, 2.05) is 19.9 Å². The summed E-state index contributed by atoms with van der Waals surface area (Å²) in [5.41, 5.74) is 1.86. The predicted octanol–water partition coefficient (Wildman–Crippen LogP) is 4.27. The third-order valence-corrected chi connectivity index (χ3v) is 7.14. The Balaban J connectivity index is 1.92. The fraction of sp³-hybridized carbons (Fsp3) is 0.550. The Bertz CT molecular complexity index is 889. The highest BCUT2D eigenvalue weighted by molar-refractivity contribution is 5.45. The second-order valence-electron chi connectivity index (χ2n) is 8.72. The van der Waals surface area contributed by atoms with Crippen LogP contribution in [-0.2, 0) is 11.0 Å². The normalized spacial score (nSPS) is 27.5. The van der Waals surface area contributed by atoms with Crippen molar-refractivity contribution in [2.24, 2.45) is 5.41 Å². The van der Waals surface area contributed by atoms with Crippen molar-refractivity contribution in [3.63, 3.8) is 0 Å². The lowest BCUT2D eigenvalue weighted by Crippen LogP contribution is -2.40. The summed E-state index contributed by atoms with van der Waals surface area (Å²) in [5, 5.41) is 3.39. The third kappa shape index (κ3) is 1.59. The first kappa shape index (κ1) is 15.7. The molecule has 0 unspecified atom stereocenters. The van der Waals surface area contributed by atoms with Gasteiger partial charge in [-0.1, -0.05) is 39.0 Å². The van der Waals surface area contributed by atoms with E-state index in [1.54, 1.807) is 16.8 Å². The van der Waals surface area contributed by atoms with Gasteiger partial charge in [0.2, 0.25) is 0 Å². The molecule has 2 bridgehead atoms. The first-order chi connectivity index (χ1) is 11.1. The maximum absolute atomic E-state index is 14.3. The van der Waals surface area contributed by atoms with Crippen LogP contribution in [0.1, 0.15) is 70.2 Å². The molecule has 2 aromatic rings. The number of aromatic nitrogens is 2. The SMILES string of the molecule is CC(C)(c1ccccc1F)n1[nH]c2c(c1=O)[C@H]1CC[C@]2(C)C1(C)C. The molecule has 2 aliphatic rings. The van der Waals surface area contributed by atoms with E-state index in [9.17, 15) is 9.18 Å². The van der Waals surface area contributed by atoms with Crippen LogP contribution in [-0.4, -0.2) is 9.78 Å². The summed E-state index contributed by atoms with van der Waals surface area (Å²) in [4.78, 5) is 13.2. The van der Waals surface area contributed by atoms with Gasteiger partial charge in [-0.05, 0) is 44.1 Å². The van der Waals surface area contributed by atoms with Gasteiger partial charge >= 0.3 is 0 Å². The second kappa shape index (κ2) is 4.41. The van der Waals surface area contributed by atoms with Gasteiger partial charge in [0, 0.05) is 22.2 Å². The summed E-state index contributed by atoms with van der Waals surface area (Å²) in [7, 11) is 0. The molecule has 1 aromatic heterocycles. The first-order valence-electron chi connectivity index (χ1n) is 8.73. The molecular weight excluding hydrogens is 303 g/mol. The zero-order chi connectivity index (χ0) is 17.5. The van der Waals surface area contributed by atoms with Crippen molar-refractivity contribution in [1.29, 1.82) is 0 Å². The third-order valence-electron chi connectivity index (χ3n) is 7.14. The van der Waals surface area contributed by atoms with Crippen molar-refractivity contribution in [2.75, 3.05) is 0 Å². The van der Waals surface area contributed by atoms with Gasteiger partial charge in [-0.25, -0.2) is 9.07 Å². The Labute approximate surface area is 141 Å². The number of halogens is 1. The average molecular weight is 328 g/mol. The number of aromatic amines is 1. The predicted molar refractivity (Wildman–Crippen MR) is 93.0 cm³/mol. The molecule has 1 heterocycles. The number of fused-ring (bicyclic) bond motifs is 5. The molecule has 0 aliphatic heterocycles. The van der Waals surface area contributed by atoms with Crippen LogP contribution < -0.4 is 5.56 Å². The van der Waals surface area contributed by atoms with Crippen molar-refractivity contribution >= 4 is 0 Å². The van der Waals surface area contributed by atoms with Crippen LogP contribution in [0.3, 0.4) is 0 Å². The minimum atomic E-state index is -0.757. The monoisotopic (exact) mass is 328 g/mol. The topological polar surface area (TPSA) is 37.8 Å².